The summed E-state index contributed by atoms with van der Waals surface area (Å²) >= 11 is 1.36. The number of carbonyl (C=O) groups excluding carboxylic acids is 1. The number of benzene rings is 1. The molecule has 1 aliphatic heterocycles. The highest BCUT2D eigenvalue weighted by atomic mass is 32.2. The highest BCUT2D eigenvalue weighted by molar-refractivity contribution is 7.98. The predicted molar refractivity (Wildman–Crippen MR) is 112 cm³/mol. The van der Waals surface area contributed by atoms with Crippen LogP contribution < -0.4 is 11.1 Å². The molecule has 4 N–H and O–H groups in total. The topological polar surface area (TPSA) is 140 Å². The standard InChI is InChI=1S/C18H18F3N5O2S.CH2O2/c1-17(18(20,21)9-28-8-14(22)26-17)11-5-10(3-4-12(11)19)25-16(27)13-6-24-15(29-2)7-23-13;2-1-3/h3-7H,8-9H2,1-2H3,(H2,22,26)(H,25,27);1H,(H,2,3)/t17-;/m1./s1. The smallest absolute Gasteiger partial charge is 0.299 e. The Kier molecular flexibility index (Phi) is 8.16. The van der Waals surface area contributed by atoms with E-state index in [0.717, 1.165) is 19.1 Å². The molecule has 13 heteroatoms. The minimum atomic E-state index is -3.53. The average Bonchev–Trinajstić information content (AvgIpc) is 2.85. The first-order valence-electron chi connectivity index (χ1n) is 8.93. The Hall–Kier alpha value is -3.19. The number of nitrogens with one attached hydrogen (secondary N) is 1. The van der Waals surface area contributed by atoms with Gasteiger partial charge in [-0.3, -0.25) is 14.6 Å². The van der Waals surface area contributed by atoms with Gasteiger partial charge in [-0.2, -0.15) is 0 Å². The van der Waals surface area contributed by atoms with Crippen molar-refractivity contribution in [1.29, 1.82) is 0 Å². The molecule has 1 aliphatic rings. The van der Waals surface area contributed by atoms with Gasteiger partial charge >= 0.3 is 0 Å². The quantitative estimate of drug-likeness (QED) is 0.457. The fraction of sp³-hybridized carbons (Fsp3) is 0.316. The summed E-state index contributed by atoms with van der Waals surface area (Å²) in [5.41, 5.74) is 3.01. The molecule has 0 saturated carbocycles. The van der Waals surface area contributed by atoms with Crippen molar-refractivity contribution in [3.63, 3.8) is 0 Å². The Morgan fingerprint density at radius 2 is 2.03 bits per heavy atom. The van der Waals surface area contributed by atoms with Gasteiger partial charge < -0.3 is 20.9 Å². The number of aromatic nitrogens is 2. The first-order chi connectivity index (χ1) is 15.1. The number of hydrogen-bond acceptors (Lipinski definition) is 8. The lowest BCUT2D eigenvalue weighted by Crippen LogP contribution is -2.45. The van der Waals surface area contributed by atoms with Crippen molar-refractivity contribution < 1.29 is 32.6 Å². The zero-order valence-corrected chi connectivity index (χ0v) is 17.8. The minimum Gasteiger partial charge on any atom is -0.483 e. The van der Waals surface area contributed by atoms with Gasteiger partial charge in [0.15, 0.2) is 5.54 Å². The van der Waals surface area contributed by atoms with E-state index in [1.165, 1.54) is 30.2 Å². The number of carboxylic acid groups (broad SMARTS) is 1. The molecule has 1 atom stereocenters. The number of alkyl halides is 2. The largest absolute Gasteiger partial charge is 0.483 e. The molecule has 1 amide bonds. The number of aliphatic imine (C=N–C) groups is 1. The fourth-order valence-corrected chi connectivity index (χ4v) is 3.11. The molecule has 1 aromatic heterocycles. The van der Waals surface area contributed by atoms with Gasteiger partial charge in [-0.25, -0.2) is 23.1 Å². The number of halogens is 3. The molecule has 0 unspecified atom stereocenters. The number of nitrogens with two attached hydrogens (primary N) is 1. The van der Waals surface area contributed by atoms with Gasteiger partial charge in [-0.1, -0.05) is 0 Å². The Balaban J connectivity index is 0.00000114. The third-order valence-corrected chi connectivity index (χ3v) is 5.06. The molecule has 3 rings (SSSR count). The number of carbonyl (C=O) groups is 2. The molecule has 0 fully saturated rings. The summed E-state index contributed by atoms with van der Waals surface area (Å²) < 4.78 is 48.8. The van der Waals surface area contributed by atoms with Gasteiger partial charge in [0.25, 0.3) is 18.3 Å². The summed E-state index contributed by atoms with van der Waals surface area (Å²) in [6.45, 7) is -0.430. The minimum absolute atomic E-state index is 0.0235. The second-order valence-electron chi connectivity index (χ2n) is 6.57. The molecule has 0 aliphatic carbocycles. The van der Waals surface area contributed by atoms with Crippen molar-refractivity contribution in [3.05, 3.63) is 47.7 Å². The molecular weight excluding hydrogens is 451 g/mol. The van der Waals surface area contributed by atoms with Gasteiger partial charge in [0.05, 0.1) is 12.4 Å². The van der Waals surface area contributed by atoms with E-state index in [1.54, 1.807) is 0 Å². The monoisotopic (exact) mass is 471 g/mol. The number of amides is 1. The lowest BCUT2D eigenvalue weighted by atomic mass is 9.85. The summed E-state index contributed by atoms with van der Waals surface area (Å²) in [5.74, 6) is -5.24. The number of thioether (sulfide) groups is 1. The van der Waals surface area contributed by atoms with Crippen molar-refractivity contribution in [2.24, 2.45) is 10.7 Å². The normalized spacial score (nSPS) is 19.6. The highest BCUT2D eigenvalue weighted by Crippen LogP contribution is 2.44. The Bertz CT molecular complexity index is 1010. The number of amidine groups is 1. The molecule has 172 valence electrons. The van der Waals surface area contributed by atoms with Crippen LogP contribution in [0.4, 0.5) is 18.9 Å². The third kappa shape index (κ3) is 5.53. The highest BCUT2D eigenvalue weighted by Gasteiger charge is 2.54. The number of nitrogens with zero attached hydrogens (tertiary/aromatic N) is 3. The number of hydrogen-bond donors (Lipinski definition) is 3. The summed E-state index contributed by atoms with van der Waals surface area (Å²) in [6, 6.07) is 3.33. The van der Waals surface area contributed by atoms with Crippen LogP contribution in [0, 0.1) is 5.82 Å². The molecule has 1 aromatic carbocycles. The molecule has 0 spiro atoms. The van der Waals surface area contributed by atoms with Crippen molar-refractivity contribution in [1.82, 2.24) is 9.97 Å². The predicted octanol–water partition coefficient (Wildman–Crippen LogP) is 2.53. The average molecular weight is 471 g/mol. The third-order valence-electron chi connectivity index (χ3n) is 4.43. The zero-order chi connectivity index (χ0) is 23.9. The first-order valence-corrected chi connectivity index (χ1v) is 10.2. The Labute approximate surface area is 185 Å². The summed E-state index contributed by atoms with van der Waals surface area (Å²) in [4.78, 5) is 32.6. The second-order valence-corrected chi connectivity index (χ2v) is 7.40. The lowest BCUT2D eigenvalue weighted by molar-refractivity contribution is -0.122. The Morgan fingerprint density at radius 1 is 1.34 bits per heavy atom. The zero-order valence-electron chi connectivity index (χ0n) is 17.0. The molecule has 9 nitrogen and oxygen atoms in total. The van der Waals surface area contributed by atoms with Crippen LogP contribution in [0.2, 0.25) is 0 Å². The van der Waals surface area contributed by atoms with E-state index >= 15 is 0 Å². The number of anilines is 1. The van der Waals surface area contributed by atoms with E-state index in [1.807, 2.05) is 6.26 Å². The van der Waals surface area contributed by atoms with Crippen LogP contribution >= 0.6 is 11.8 Å². The maximum Gasteiger partial charge on any atom is 0.299 e. The molecule has 0 saturated heterocycles. The van der Waals surface area contributed by atoms with Crippen LogP contribution in [0.25, 0.3) is 0 Å². The van der Waals surface area contributed by atoms with Crippen LogP contribution in [0.3, 0.4) is 0 Å². The van der Waals surface area contributed by atoms with E-state index in [-0.39, 0.29) is 30.3 Å². The van der Waals surface area contributed by atoms with Gasteiger partial charge in [0, 0.05) is 11.3 Å². The van der Waals surface area contributed by atoms with Crippen LogP contribution in [-0.4, -0.2) is 58.7 Å². The summed E-state index contributed by atoms with van der Waals surface area (Å²) in [5, 5.41) is 10.0. The summed E-state index contributed by atoms with van der Waals surface area (Å²) in [7, 11) is 0. The van der Waals surface area contributed by atoms with Crippen molar-refractivity contribution in [2.45, 2.75) is 23.4 Å². The molecule has 2 heterocycles. The van der Waals surface area contributed by atoms with Crippen molar-refractivity contribution in [3.8, 4) is 0 Å². The maximum atomic E-state index is 14.7. The maximum absolute atomic E-state index is 14.7. The van der Waals surface area contributed by atoms with E-state index in [9.17, 15) is 18.0 Å². The van der Waals surface area contributed by atoms with E-state index in [4.69, 9.17) is 20.4 Å². The van der Waals surface area contributed by atoms with E-state index in [2.05, 4.69) is 20.3 Å². The number of rotatable bonds is 4. The van der Waals surface area contributed by atoms with Gasteiger partial charge in [-0.15, -0.1) is 11.8 Å². The van der Waals surface area contributed by atoms with Crippen molar-refractivity contribution >= 4 is 35.7 Å². The van der Waals surface area contributed by atoms with E-state index in [0.29, 0.717) is 5.03 Å². The first kappa shape index (κ1) is 25.1. The molecule has 32 heavy (non-hydrogen) atoms. The molecule has 2 aromatic rings. The SMILES string of the molecule is CSc1cnc(C(=O)Nc2ccc(F)c([C@@]3(C)N=C(N)COCC3(F)F)c2)cn1.O=CO. The lowest BCUT2D eigenvalue weighted by Gasteiger charge is -2.33. The Morgan fingerprint density at radius 3 is 2.62 bits per heavy atom. The summed E-state index contributed by atoms with van der Waals surface area (Å²) in [6.07, 6.45) is 4.53. The van der Waals surface area contributed by atoms with Crippen LogP contribution in [0.1, 0.15) is 23.0 Å². The van der Waals surface area contributed by atoms with Crippen LogP contribution in [0.15, 0.2) is 40.6 Å². The fourth-order valence-electron chi connectivity index (χ4n) is 2.79. The van der Waals surface area contributed by atoms with E-state index < -0.39 is 35.4 Å². The molecule has 0 bridgehead atoms. The van der Waals surface area contributed by atoms with Gasteiger partial charge in [-0.05, 0) is 31.4 Å². The van der Waals surface area contributed by atoms with Crippen LogP contribution in [-0.2, 0) is 15.1 Å². The van der Waals surface area contributed by atoms with Gasteiger partial charge in [0.2, 0.25) is 0 Å². The van der Waals surface area contributed by atoms with Gasteiger partial charge in [0.1, 0.15) is 35.6 Å². The second kappa shape index (κ2) is 10.4. The van der Waals surface area contributed by atoms with Crippen LogP contribution in [0.5, 0.6) is 0 Å². The molecule has 0 radical (unpaired) electrons. The van der Waals surface area contributed by atoms with Crippen molar-refractivity contribution in [2.75, 3.05) is 24.8 Å². The molecular formula is C19H20F3N5O4S. The number of ether oxygens (including phenoxy) is 1.